The maximum absolute atomic E-state index is 12.7. The van der Waals surface area contributed by atoms with Crippen LogP contribution >= 0.6 is 0 Å². The SMILES string of the molecule is CCN(C(=O)CCC1CCNCC1)C(C)c1cccc(OC)c1. The summed E-state index contributed by atoms with van der Waals surface area (Å²) in [4.78, 5) is 14.6. The van der Waals surface area contributed by atoms with Gasteiger partial charge in [0.1, 0.15) is 5.75 Å². The summed E-state index contributed by atoms with van der Waals surface area (Å²) in [5, 5.41) is 3.38. The van der Waals surface area contributed by atoms with E-state index in [9.17, 15) is 4.79 Å². The molecule has 0 aromatic heterocycles. The van der Waals surface area contributed by atoms with E-state index in [-0.39, 0.29) is 11.9 Å². The van der Waals surface area contributed by atoms with Crippen LogP contribution in [-0.4, -0.2) is 37.6 Å². The van der Waals surface area contributed by atoms with Crippen molar-refractivity contribution in [1.82, 2.24) is 10.2 Å². The van der Waals surface area contributed by atoms with E-state index in [1.807, 2.05) is 23.1 Å². The smallest absolute Gasteiger partial charge is 0.223 e. The Hall–Kier alpha value is -1.55. The summed E-state index contributed by atoms with van der Waals surface area (Å²) in [5.74, 6) is 1.81. The first-order valence-electron chi connectivity index (χ1n) is 8.79. The lowest BCUT2D eigenvalue weighted by molar-refractivity contribution is -0.133. The maximum Gasteiger partial charge on any atom is 0.223 e. The highest BCUT2D eigenvalue weighted by Crippen LogP contribution is 2.26. The summed E-state index contributed by atoms with van der Waals surface area (Å²) in [6.45, 7) is 7.08. The Morgan fingerprint density at radius 1 is 1.39 bits per heavy atom. The van der Waals surface area contributed by atoms with Gasteiger partial charge in [0.25, 0.3) is 0 Å². The molecule has 4 nitrogen and oxygen atoms in total. The van der Waals surface area contributed by atoms with E-state index < -0.39 is 0 Å². The minimum atomic E-state index is 0.0793. The van der Waals surface area contributed by atoms with E-state index >= 15 is 0 Å². The Balaban J connectivity index is 1.94. The van der Waals surface area contributed by atoms with E-state index in [0.29, 0.717) is 12.3 Å². The fourth-order valence-electron chi connectivity index (χ4n) is 3.39. The molecule has 4 heteroatoms. The van der Waals surface area contributed by atoms with Gasteiger partial charge < -0.3 is 15.0 Å². The molecule has 1 saturated heterocycles. The van der Waals surface area contributed by atoms with Crippen molar-refractivity contribution in [2.45, 2.75) is 45.6 Å². The molecule has 1 unspecified atom stereocenters. The van der Waals surface area contributed by atoms with Crippen LogP contribution < -0.4 is 10.1 Å². The quantitative estimate of drug-likeness (QED) is 0.838. The number of nitrogens with one attached hydrogen (secondary N) is 1. The van der Waals surface area contributed by atoms with Gasteiger partial charge in [-0.15, -0.1) is 0 Å². The minimum Gasteiger partial charge on any atom is -0.497 e. The molecule has 0 saturated carbocycles. The molecule has 1 atom stereocenters. The molecule has 128 valence electrons. The standard InChI is InChI=1S/C19H30N2O2/c1-4-21(15(2)17-6-5-7-18(14-17)23-3)19(22)9-8-16-10-12-20-13-11-16/h5-7,14-16,20H,4,8-13H2,1-3H3. The van der Waals surface area contributed by atoms with Crippen LogP contribution in [0.2, 0.25) is 0 Å². The summed E-state index contributed by atoms with van der Waals surface area (Å²) in [5.41, 5.74) is 1.13. The summed E-state index contributed by atoms with van der Waals surface area (Å²) >= 11 is 0. The summed E-state index contributed by atoms with van der Waals surface area (Å²) in [7, 11) is 1.67. The molecule has 23 heavy (non-hydrogen) atoms. The Morgan fingerprint density at radius 3 is 2.78 bits per heavy atom. The predicted molar refractivity (Wildman–Crippen MR) is 93.6 cm³/mol. The third kappa shape index (κ3) is 4.96. The first-order valence-corrected chi connectivity index (χ1v) is 8.79. The number of amides is 1. The van der Waals surface area contributed by atoms with Gasteiger partial charge >= 0.3 is 0 Å². The Kier molecular flexibility index (Phi) is 6.90. The zero-order chi connectivity index (χ0) is 16.7. The highest BCUT2D eigenvalue weighted by atomic mass is 16.5. The van der Waals surface area contributed by atoms with Gasteiger partial charge in [0.05, 0.1) is 13.2 Å². The molecule has 0 spiro atoms. The largest absolute Gasteiger partial charge is 0.497 e. The third-order valence-corrected chi connectivity index (χ3v) is 4.93. The van der Waals surface area contributed by atoms with E-state index in [1.165, 1.54) is 12.8 Å². The van der Waals surface area contributed by atoms with Crippen LogP contribution in [0.1, 0.15) is 51.1 Å². The number of methoxy groups -OCH3 is 1. The van der Waals surface area contributed by atoms with Crippen LogP contribution in [0.3, 0.4) is 0 Å². The zero-order valence-electron chi connectivity index (χ0n) is 14.7. The third-order valence-electron chi connectivity index (χ3n) is 4.93. The van der Waals surface area contributed by atoms with Gasteiger partial charge in [0.15, 0.2) is 0 Å². The Morgan fingerprint density at radius 2 is 2.13 bits per heavy atom. The van der Waals surface area contributed by atoms with Crippen molar-refractivity contribution in [2.24, 2.45) is 5.92 Å². The number of ether oxygens (including phenoxy) is 1. The number of hydrogen-bond acceptors (Lipinski definition) is 3. The highest BCUT2D eigenvalue weighted by Gasteiger charge is 2.22. The molecule has 1 fully saturated rings. The monoisotopic (exact) mass is 318 g/mol. The fraction of sp³-hybridized carbons (Fsp3) is 0.632. The molecule has 2 rings (SSSR count). The van der Waals surface area contributed by atoms with E-state index in [4.69, 9.17) is 4.74 Å². The van der Waals surface area contributed by atoms with Gasteiger partial charge in [-0.05, 0) is 69.8 Å². The van der Waals surface area contributed by atoms with Crippen molar-refractivity contribution in [3.8, 4) is 5.75 Å². The number of carbonyl (C=O) groups excluding carboxylic acids is 1. The van der Waals surface area contributed by atoms with Gasteiger partial charge in [-0.1, -0.05) is 12.1 Å². The Labute approximate surface area is 140 Å². The molecule has 0 aliphatic carbocycles. The molecule has 1 aromatic carbocycles. The molecule has 1 aliphatic rings. The molecule has 1 aromatic rings. The van der Waals surface area contributed by atoms with Gasteiger partial charge in [0.2, 0.25) is 5.91 Å². The van der Waals surface area contributed by atoms with Crippen molar-refractivity contribution in [2.75, 3.05) is 26.7 Å². The zero-order valence-corrected chi connectivity index (χ0v) is 14.7. The second-order valence-electron chi connectivity index (χ2n) is 6.36. The fourth-order valence-corrected chi connectivity index (χ4v) is 3.39. The van der Waals surface area contributed by atoms with E-state index in [2.05, 4.69) is 25.2 Å². The van der Waals surface area contributed by atoms with Crippen molar-refractivity contribution in [3.63, 3.8) is 0 Å². The predicted octanol–water partition coefficient (Wildman–Crippen LogP) is 3.38. The normalized spacial score (nSPS) is 16.8. The van der Waals surface area contributed by atoms with E-state index in [1.54, 1.807) is 7.11 Å². The van der Waals surface area contributed by atoms with Crippen LogP contribution in [0.15, 0.2) is 24.3 Å². The number of benzene rings is 1. The number of piperidine rings is 1. The second kappa shape index (κ2) is 8.92. The lowest BCUT2D eigenvalue weighted by atomic mass is 9.93. The van der Waals surface area contributed by atoms with Gasteiger partial charge in [-0.3, -0.25) is 4.79 Å². The van der Waals surface area contributed by atoms with Crippen molar-refractivity contribution >= 4 is 5.91 Å². The highest BCUT2D eigenvalue weighted by molar-refractivity contribution is 5.76. The summed E-state index contributed by atoms with van der Waals surface area (Å²) in [6, 6.07) is 8.09. The molecule has 0 radical (unpaired) electrons. The average Bonchev–Trinajstić information content (AvgIpc) is 2.61. The van der Waals surface area contributed by atoms with Crippen molar-refractivity contribution < 1.29 is 9.53 Å². The number of carbonyl (C=O) groups is 1. The second-order valence-corrected chi connectivity index (χ2v) is 6.36. The molecule has 1 N–H and O–H groups in total. The van der Waals surface area contributed by atoms with Crippen LogP contribution in [0.4, 0.5) is 0 Å². The first-order chi connectivity index (χ1) is 11.2. The number of hydrogen-bond donors (Lipinski definition) is 1. The summed E-state index contributed by atoms with van der Waals surface area (Å²) in [6.07, 6.45) is 4.07. The van der Waals surface area contributed by atoms with Crippen LogP contribution in [0.5, 0.6) is 5.75 Å². The number of rotatable bonds is 7. The van der Waals surface area contributed by atoms with Crippen molar-refractivity contribution in [1.29, 1.82) is 0 Å². The molecule has 1 amide bonds. The molecule has 1 aliphatic heterocycles. The molecule has 0 bridgehead atoms. The average molecular weight is 318 g/mol. The lowest BCUT2D eigenvalue weighted by Crippen LogP contribution is -2.34. The topological polar surface area (TPSA) is 41.6 Å². The van der Waals surface area contributed by atoms with E-state index in [0.717, 1.165) is 37.4 Å². The Bertz CT molecular complexity index is 498. The number of nitrogens with zero attached hydrogens (tertiary/aromatic N) is 1. The molecular weight excluding hydrogens is 288 g/mol. The molecular formula is C19H30N2O2. The molecule has 1 heterocycles. The summed E-state index contributed by atoms with van der Waals surface area (Å²) < 4.78 is 5.30. The van der Waals surface area contributed by atoms with Crippen LogP contribution in [0.25, 0.3) is 0 Å². The van der Waals surface area contributed by atoms with Gasteiger partial charge in [-0.25, -0.2) is 0 Å². The van der Waals surface area contributed by atoms with Crippen molar-refractivity contribution in [3.05, 3.63) is 29.8 Å². The van der Waals surface area contributed by atoms with Gasteiger partial charge in [-0.2, -0.15) is 0 Å². The first kappa shape index (κ1) is 17.8. The minimum absolute atomic E-state index is 0.0793. The van der Waals surface area contributed by atoms with Gasteiger partial charge in [0, 0.05) is 13.0 Å². The lowest BCUT2D eigenvalue weighted by Gasteiger charge is -2.30. The van der Waals surface area contributed by atoms with Crippen LogP contribution in [0, 0.1) is 5.92 Å². The maximum atomic E-state index is 12.7. The van der Waals surface area contributed by atoms with Crippen LogP contribution in [-0.2, 0) is 4.79 Å².